The van der Waals surface area contributed by atoms with Gasteiger partial charge in [-0.3, -0.25) is 4.99 Å². The molecule has 27 heavy (non-hydrogen) atoms. The molecule has 150 valence electrons. The van der Waals surface area contributed by atoms with Crippen LogP contribution in [0, 0.1) is 5.92 Å². The third-order valence-electron chi connectivity index (χ3n) is 4.31. The molecule has 0 amide bonds. The Hall–Kier alpha value is -0.930. The third kappa shape index (κ3) is 8.31. The number of benzene rings is 1. The first-order valence-electron chi connectivity index (χ1n) is 9.79. The third-order valence-corrected chi connectivity index (χ3v) is 5.41. The van der Waals surface area contributed by atoms with Gasteiger partial charge in [-0.15, -0.1) is 35.3 Å². The Labute approximate surface area is 183 Å². The monoisotopic (exact) mass is 502 g/mol. The molecule has 1 aromatic carbocycles. The van der Waals surface area contributed by atoms with Crippen molar-refractivity contribution in [1.82, 2.24) is 15.6 Å². The van der Waals surface area contributed by atoms with Crippen molar-refractivity contribution < 1.29 is 4.74 Å². The minimum Gasteiger partial charge on any atom is -0.381 e. The predicted molar refractivity (Wildman–Crippen MR) is 125 cm³/mol. The van der Waals surface area contributed by atoms with Gasteiger partial charge in [0.05, 0.1) is 15.2 Å². The van der Waals surface area contributed by atoms with Gasteiger partial charge < -0.3 is 15.4 Å². The number of fused-ring (bicyclic) bond motifs is 1. The summed E-state index contributed by atoms with van der Waals surface area (Å²) in [6, 6.07) is 8.33. The van der Waals surface area contributed by atoms with Crippen LogP contribution in [0.5, 0.6) is 0 Å². The lowest BCUT2D eigenvalue weighted by atomic mass is 10.3. The Kier molecular flexibility index (Phi) is 10.4. The van der Waals surface area contributed by atoms with Gasteiger partial charge in [-0.25, -0.2) is 4.98 Å². The molecular weight excluding hydrogens is 471 g/mol. The van der Waals surface area contributed by atoms with E-state index in [1.807, 2.05) is 6.07 Å². The van der Waals surface area contributed by atoms with Gasteiger partial charge in [-0.1, -0.05) is 12.1 Å². The molecule has 1 heterocycles. The molecule has 0 spiro atoms. The highest BCUT2D eigenvalue weighted by molar-refractivity contribution is 14.0. The van der Waals surface area contributed by atoms with Gasteiger partial charge in [0.15, 0.2) is 5.96 Å². The molecule has 1 saturated carbocycles. The van der Waals surface area contributed by atoms with Crippen molar-refractivity contribution in [2.24, 2.45) is 10.9 Å². The van der Waals surface area contributed by atoms with Gasteiger partial charge in [0.1, 0.15) is 0 Å². The Morgan fingerprint density at radius 2 is 2.11 bits per heavy atom. The second-order valence-electron chi connectivity index (χ2n) is 6.74. The maximum atomic E-state index is 5.67. The van der Waals surface area contributed by atoms with Crippen molar-refractivity contribution >= 4 is 51.5 Å². The van der Waals surface area contributed by atoms with Crippen LogP contribution in [0.4, 0.5) is 0 Å². The molecule has 3 rings (SSSR count). The number of nitrogens with zero attached hydrogens (tertiary/aromatic N) is 2. The Morgan fingerprint density at radius 3 is 2.89 bits per heavy atom. The number of thiazole rings is 1. The van der Waals surface area contributed by atoms with Gasteiger partial charge in [0, 0.05) is 39.3 Å². The highest BCUT2D eigenvalue weighted by Crippen LogP contribution is 2.28. The van der Waals surface area contributed by atoms with Crippen LogP contribution in [-0.4, -0.2) is 43.8 Å². The van der Waals surface area contributed by atoms with Crippen LogP contribution in [0.2, 0.25) is 0 Å². The van der Waals surface area contributed by atoms with E-state index in [0.717, 1.165) is 69.5 Å². The van der Waals surface area contributed by atoms with E-state index in [-0.39, 0.29) is 24.0 Å². The normalized spacial score (nSPS) is 14.2. The van der Waals surface area contributed by atoms with Crippen LogP contribution in [0.1, 0.15) is 37.6 Å². The second kappa shape index (κ2) is 12.5. The molecule has 2 aromatic rings. The maximum Gasteiger partial charge on any atom is 0.191 e. The number of aromatic nitrogens is 1. The van der Waals surface area contributed by atoms with E-state index < -0.39 is 0 Å². The minimum absolute atomic E-state index is 0. The molecule has 0 aliphatic heterocycles. The number of aryl methyl sites for hydroxylation is 1. The summed E-state index contributed by atoms with van der Waals surface area (Å²) in [7, 11) is 0. The molecule has 1 aliphatic rings. The van der Waals surface area contributed by atoms with Gasteiger partial charge >= 0.3 is 0 Å². The zero-order valence-corrected chi connectivity index (χ0v) is 19.2. The Balaban J connectivity index is 0.00000261. The van der Waals surface area contributed by atoms with E-state index in [1.165, 1.54) is 22.5 Å². The zero-order chi connectivity index (χ0) is 18.0. The fourth-order valence-corrected chi connectivity index (χ4v) is 3.71. The molecule has 7 heteroatoms. The molecule has 0 radical (unpaired) electrons. The first-order valence-corrected chi connectivity index (χ1v) is 10.6. The van der Waals surface area contributed by atoms with Gasteiger partial charge in [-0.05, 0) is 50.7 Å². The van der Waals surface area contributed by atoms with E-state index in [0.29, 0.717) is 0 Å². The first kappa shape index (κ1) is 22.4. The average molecular weight is 502 g/mol. The summed E-state index contributed by atoms with van der Waals surface area (Å²) >= 11 is 1.79. The summed E-state index contributed by atoms with van der Waals surface area (Å²) in [6.07, 6.45) is 5.72. The average Bonchev–Trinajstić information content (AvgIpc) is 3.38. The lowest BCUT2D eigenvalue weighted by molar-refractivity contribution is 0.123. The summed E-state index contributed by atoms with van der Waals surface area (Å²) in [6.45, 7) is 6.46. The lowest BCUT2D eigenvalue weighted by Crippen LogP contribution is -2.38. The van der Waals surface area contributed by atoms with E-state index in [4.69, 9.17) is 4.74 Å². The first-order chi connectivity index (χ1) is 12.8. The molecule has 0 saturated heterocycles. The summed E-state index contributed by atoms with van der Waals surface area (Å²) in [4.78, 5) is 9.35. The molecule has 0 atom stereocenters. The number of hydrogen-bond donors (Lipinski definition) is 2. The summed E-state index contributed by atoms with van der Waals surface area (Å²) < 4.78 is 6.93. The van der Waals surface area contributed by atoms with Gasteiger partial charge in [0.25, 0.3) is 0 Å². The van der Waals surface area contributed by atoms with Crippen LogP contribution >= 0.6 is 35.3 Å². The fourth-order valence-electron chi connectivity index (χ4n) is 2.71. The number of aliphatic imine (C=N–C) groups is 1. The number of rotatable bonds is 11. The molecule has 2 N–H and O–H groups in total. The quantitative estimate of drug-likeness (QED) is 0.209. The Morgan fingerprint density at radius 1 is 1.26 bits per heavy atom. The van der Waals surface area contributed by atoms with Crippen LogP contribution < -0.4 is 10.6 Å². The molecule has 1 aliphatic carbocycles. The number of halogens is 1. The van der Waals surface area contributed by atoms with Crippen LogP contribution in [0.25, 0.3) is 10.2 Å². The van der Waals surface area contributed by atoms with Crippen molar-refractivity contribution in [3.63, 3.8) is 0 Å². The van der Waals surface area contributed by atoms with Gasteiger partial charge in [0.2, 0.25) is 0 Å². The van der Waals surface area contributed by atoms with Crippen molar-refractivity contribution in [2.45, 2.75) is 39.0 Å². The molecule has 5 nitrogen and oxygen atoms in total. The Bertz CT molecular complexity index is 669. The number of hydrogen-bond acceptors (Lipinski definition) is 4. The van der Waals surface area contributed by atoms with Crippen LogP contribution in [0.3, 0.4) is 0 Å². The van der Waals surface area contributed by atoms with E-state index in [2.05, 4.69) is 45.7 Å². The SMILES string of the molecule is CCNC(=NCCCc1nc2ccccc2s1)NCCCOCC1CC1.I. The summed E-state index contributed by atoms with van der Waals surface area (Å²) in [5, 5.41) is 7.90. The largest absolute Gasteiger partial charge is 0.381 e. The standard InChI is InChI=1S/C20H30N4OS.HI/c1-2-21-20(23-13-6-14-25-15-16-10-11-16)22-12-5-9-19-24-17-7-3-4-8-18(17)26-19;/h3-4,7-8,16H,2,5-6,9-15H2,1H3,(H2,21,22,23);1H. The van der Waals surface area contributed by atoms with Crippen molar-refractivity contribution in [3.8, 4) is 0 Å². The lowest BCUT2D eigenvalue weighted by Gasteiger charge is -2.11. The number of nitrogens with one attached hydrogen (secondary N) is 2. The van der Waals surface area contributed by atoms with E-state index >= 15 is 0 Å². The smallest absolute Gasteiger partial charge is 0.191 e. The highest BCUT2D eigenvalue weighted by Gasteiger charge is 2.20. The molecule has 0 unspecified atom stereocenters. The van der Waals surface area contributed by atoms with Crippen LogP contribution in [0.15, 0.2) is 29.3 Å². The molecule has 0 bridgehead atoms. The summed E-state index contributed by atoms with van der Waals surface area (Å²) in [5.74, 6) is 1.75. The molecule has 1 aromatic heterocycles. The predicted octanol–water partition coefficient (Wildman–Crippen LogP) is 4.22. The number of para-hydroxylation sites is 1. The second-order valence-corrected chi connectivity index (χ2v) is 7.85. The molecule has 1 fully saturated rings. The van der Waals surface area contributed by atoms with Crippen LogP contribution in [-0.2, 0) is 11.2 Å². The molecular formula is C20H31IN4OS. The minimum atomic E-state index is 0. The highest BCUT2D eigenvalue weighted by atomic mass is 127. The number of guanidine groups is 1. The topological polar surface area (TPSA) is 58.5 Å². The zero-order valence-electron chi connectivity index (χ0n) is 16.1. The van der Waals surface area contributed by atoms with E-state index in [9.17, 15) is 0 Å². The van der Waals surface area contributed by atoms with Crippen molar-refractivity contribution in [2.75, 3.05) is 32.8 Å². The van der Waals surface area contributed by atoms with Crippen molar-refractivity contribution in [1.29, 1.82) is 0 Å². The fraction of sp³-hybridized carbons (Fsp3) is 0.600. The van der Waals surface area contributed by atoms with Crippen molar-refractivity contribution in [3.05, 3.63) is 29.3 Å². The summed E-state index contributed by atoms with van der Waals surface area (Å²) in [5.41, 5.74) is 1.11. The number of ether oxygens (including phenoxy) is 1. The van der Waals surface area contributed by atoms with E-state index in [1.54, 1.807) is 11.3 Å². The van der Waals surface area contributed by atoms with Gasteiger partial charge in [-0.2, -0.15) is 0 Å². The maximum absolute atomic E-state index is 5.67.